The maximum atomic E-state index is 11.4. The molecule has 0 fully saturated rings. The highest BCUT2D eigenvalue weighted by atomic mass is 32.1. The second-order valence-electron chi connectivity index (χ2n) is 4.15. The highest BCUT2D eigenvalue weighted by Crippen LogP contribution is 2.30. The number of aryl methyl sites for hydroxylation is 1. The minimum absolute atomic E-state index is 0.0246. The molecule has 0 spiro atoms. The lowest BCUT2D eigenvalue weighted by atomic mass is 10.1. The summed E-state index contributed by atoms with van der Waals surface area (Å²) in [4.78, 5) is 12.6. The van der Waals surface area contributed by atoms with Crippen LogP contribution in [-0.4, -0.2) is 19.6 Å². The molecule has 2 heterocycles. The van der Waals surface area contributed by atoms with Crippen LogP contribution in [0.1, 0.15) is 39.7 Å². The zero-order chi connectivity index (χ0) is 13.8. The Hall–Kier alpha value is -1.59. The Balaban J connectivity index is 2.32. The van der Waals surface area contributed by atoms with Crippen LogP contribution in [0.15, 0.2) is 28.0 Å². The summed E-state index contributed by atoms with van der Waals surface area (Å²) in [6.07, 6.45) is 0. The van der Waals surface area contributed by atoms with Crippen molar-refractivity contribution in [3.8, 4) is 0 Å². The molecule has 2 aromatic rings. The summed E-state index contributed by atoms with van der Waals surface area (Å²) in [5.74, 6) is 0.506. The van der Waals surface area contributed by atoms with Crippen LogP contribution in [0.4, 0.5) is 0 Å². The maximum absolute atomic E-state index is 11.4. The van der Waals surface area contributed by atoms with Gasteiger partial charge in [-0.15, -0.1) is 11.3 Å². The van der Waals surface area contributed by atoms with E-state index in [9.17, 15) is 4.79 Å². The summed E-state index contributed by atoms with van der Waals surface area (Å²) < 4.78 is 10.3. The molecular formula is C14H17NO3S. The van der Waals surface area contributed by atoms with E-state index in [1.54, 1.807) is 17.4 Å². The molecule has 2 rings (SSSR count). The Morgan fingerprint density at radius 1 is 1.47 bits per heavy atom. The molecule has 0 aliphatic carbocycles. The first kappa shape index (κ1) is 13.8. The molecule has 0 aliphatic rings. The van der Waals surface area contributed by atoms with Gasteiger partial charge in [-0.25, -0.2) is 4.79 Å². The first-order valence-electron chi connectivity index (χ1n) is 6.12. The van der Waals surface area contributed by atoms with Gasteiger partial charge in [0.05, 0.1) is 7.11 Å². The molecule has 0 aromatic carbocycles. The van der Waals surface area contributed by atoms with E-state index < -0.39 is 5.97 Å². The van der Waals surface area contributed by atoms with E-state index in [1.807, 2.05) is 13.0 Å². The Kier molecular flexibility index (Phi) is 4.39. The van der Waals surface area contributed by atoms with Gasteiger partial charge < -0.3 is 14.5 Å². The summed E-state index contributed by atoms with van der Waals surface area (Å²) in [6, 6.07) is 5.52. The van der Waals surface area contributed by atoms with Crippen LogP contribution >= 0.6 is 11.3 Å². The highest BCUT2D eigenvalue weighted by molar-refractivity contribution is 7.10. The van der Waals surface area contributed by atoms with Crippen molar-refractivity contribution in [2.45, 2.75) is 19.9 Å². The Morgan fingerprint density at radius 3 is 2.84 bits per heavy atom. The molecule has 5 heteroatoms. The molecule has 1 unspecified atom stereocenters. The third kappa shape index (κ3) is 2.88. The van der Waals surface area contributed by atoms with Crippen molar-refractivity contribution in [3.05, 3.63) is 45.5 Å². The Labute approximate surface area is 116 Å². The van der Waals surface area contributed by atoms with Gasteiger partial charge >= 0.3 is 5.97 Å². The lowest BCUT2D eigenvalue weighted by molar-refractivity contribution is 0.0562. The van der Waals surface area contributed by atoms with E-state index >= 15 is 0 Å². The molecule has 19 heavy (non-hydrogen) atoms. The van der Waals surface area contributed by atoms with Crippen molar-refractivity contribution < 1.29 is 13.9 Å². The van der Waals surface area contributed by atoms with E-state index in [4.69, 9.17) is 4.42 Å². The smallest absolute Gasteiger partial charge is 0.373 e. The van der Waals surface area contributed by atoms with Gasteiger partial charge in [-0.3, -0.25) is 0 Å². The maximum Gasteiger partial charge on any atom is 0.373 e. The average Bonchev–Trinajstić information content (AvgIpc) is 3.04. The van der Waals surface area contributed by atoms with Gasteiger partial charge in [-0.2, -0.15) is 0 Å². The van der Waals surface area contributed by atoms with Gasteiger partial charge in [-0.1, -0.05) is 6.92 Å². The molecule has 0 bridgehead atoms. The van der Waals surface area contributed by atoms with Gasteiger partial charge in [0.2, 0.25) is 5.76 Å². The average molecular weight is 279 g/mol. The van der Waals surface area contributed by atoms with Crippen LogP contribution < -0.4 is 5.32 Å². The topological polar surface area (TPSA) is 51.5 Å². The van der Waals surface area contributed by atoms with Gasteiger partial charge in [-0.05, 0) is 42.6 Å². The zero-order valence-corrected chi connectivity index (χ0v) is 12.0. The number of ether oxygens (including phenoxy) is 1. The fraction of sp³-hybridized carbons (Fsp3) is 0.357. The van der Waals surface area contributed by atoms with Crippen molar-refractivity contribution in [1.29, 1.82) is 0 Å². The van der Waals surface area contributed by atoms with Gasteiger partial charge in [0.1, 0.15) is 11.8 Å². The lowest BCUT2D eigenvalue weighted by Crippen LogP contribution is -2.21. The quantitative estimate of drug-likeness (QED) is 0.854. The molecule has 2 aromatic heterocycles. The first-order chi connectivity index (χ1) is 9.17. The Morgan fingerprint density at radius 2 is 2.26 bits per heavy atom. The predicted molar refractivity (Wildman–Crippen MR) is 74.6 cm³/mol. The number of methoxy groups -OCH3 is 1. The molecular weight excluding hydrogens is 262 g/mol. The number of carbonyl (C=O) groups is 1. The predicted octanol–water partition coefficient (Wildman–Crippen LogP) is 3.14. The summed E-state index contributed by atoms with van der Waals surface area (Å²) in [5.41, 5.74) is 1.21. The van der Waals surface area contributed by atoms with E-state index in [-0.39, 0.29) is 11.8 Å². The fourth-order valence-corrected chi connectivity index (χ4v) is 2.93. The van der Waals surface area contributed by atoms with E-state index in [0.717, 1.165) is 12.3 Å². The molecule has 0 amide bonds. The summed E-state index contributed by atoms with van der Waals surface area (Å²) in [7, 11) is 1.34. The first-order valence-corrected chi connectivity index (χ1v) is 7.00. The number of hydrogen-bond donors (Lipinski definition) is 1. The van der Waals surface area contributed by atoms with Gasteiger partial charge in [0.25, 0.3) is 0 Å². The Bertz CT molecular complexity index is 559. The van der Waals surface area contributed by atoms with Crippen LogP contribution in [0.3, 0.4) is 0 Å². The standard InChI is InChI=1S/C14H17NO3S/c1-4-15-12(13-9(2)7-8-19-13)10-5-6-11(18-10)14(16)17-3/h5-8,12,15H,4H2,1-3H3. The monoisotopic (exact) mass is 279 g/mol. The number of rotatable bonds is 5. The lowest BCUT2D eigenvalue weighted by Gasteiger charge is -2.15. The molecule has 1 N–H and O–H groups in total. The molecule has 0 radical (unpaired) electrons. The molecule has 4 nitrogen and oxygen atoms in total. The fourth-order valence-electron chi connectivity index (χ4n) is 1.93. The largest absolute Gasteiger partial charge is 0.463 e. The highest BCUT2D eigenvalue weighted by Gasteiger charge is 2.21. The van der Waals surface area contributed by atoms with Crippen molar-refractivity contribution in [3.63, 3.8) is 0 Å². The van der Waals surface area contributed by atoms with Crippen LogP contribution in [0.5, 0.6) is 0 Å². The van der Waals surface area contributed by atoms with E-state index in [0.29, 0.717) is 0 Å². The van der Waals surface area contributed by atoms with Crippen molar-refractivity contribution in [1.82, 2.24) is 5.32 Å². The number of hydrogen-bond acceptors (Lipinski definition) is 5. The molecule has 102 valence electrons. The summed E-state index contributed by atoms with van der Waals surface area (Å²) in [6.45, 7) is 4.93. The molecule has 0 aliphatic heterocycles. The second kappa shape index (κ2) is 6.04. The molecule has 1 atom stereocenters. The third-order valence-corrected chi connectivity index (χ3v) is 3.95. The number of esters is 1. The second-order valence-corrected chi connectivity index (χ2v) is 5.10. The number of nitrogens with one attached hydrogen (secondary N) is 1. The molecule has 0 saturated heterocycles. The van der Waals surface area contributed by atoms with Crippen LogP contribution in [0.2, 0.25) is 0 Å². The number of furan rings is 1. The van der Waals surface area contributed by atoms with Crippen LogP contribution in [-0.2, 0) is 4.74 Å². The SMILES string of the molecule is CCNC(c1ccc(C(=O)OC)o1)c1sccc1C. The van der Waals surface area contributed by atoms with Gasteiger partial charge in [0.15, 0.2) is 0 Å². The summed E-state index contributed by atoms with van der Waals surface area (Å²) in [5, 5.41) is 5.43. The van der Waals surface area contributed by atoms with Crippen molar-refractivity contribution in [2.75, 3.05) is 13.7 Å². The van der Waals surface area contributed by atoms with E-state index in [2.05, 4.69) is 28.4 Å². The summed E-state index contributed by atoms with van der Waals surface area (Å²) >= 11 is 1.68. The van der Waals surface area contributed by atoms with Crippen molar-refractivity contribution >= 4 is 17.3 Å². The molecule has 0 saturated carbocycles. The number of carbonyl (C=O) groups excluding carboxylic acids is 1. The zero-order valence-electron chi connectivity index (χ0n) is 11.2. The van der Waals surface area contributed by atoms with Crippen LogP contribution in [0, 0.1) is 6.92 Å². The van der Waals surface area contributed by atoms with Crippen molar-refractivity contribution in [2.24, 2.45) is 0 Å². The van der Waals surface area contributed by atoms with Crippen LogP contribution in [0.25, 0.3) is 0 Å². The third-order valence-electron chi connectivity index (χ3n) is 2.87. The van der Waals surface area contributed by atoms with E-state index in [1.165, 1.54) is 17.6 Å². The normalized spacial score (nSPS) is 12.4. The van der Waals surface area contributed by atoms with Gasteiger partial charge in [0, 0.05) is 4.88 Å². The minimum Gasteiger partial charge on any atom is -0.463 e. The minimum atomic E-state index is -0.454. The number of thiophene rings is 1.